The second kappa shape index (κ2) is 10.8. The molecular formula is C29H23Cl2N3O4. The van der Waals surface area contributed by atoms with Crippen LogP contribution in [-0.2, 0) is 9.59 Å². The fraction of sp³-hybridized carbons (Fsp3) is 0.172. The first kappa shape index (κ1) is 25.7. The van der Waals surface area contributed by atoms with Crippen molar-refractivity contribution in [3.05, 3.63) is 104 Å². The highest BCUT2D eigenvalue weighted by molar-refractivity contribution is 6.31. The van der Waals surface area contributed by atoms with E-state index in [0.29, 0.717) is 38.8 Å². The van der Waals surface area contributed by atoms with Crippen molar-refractivity contribution in [3.8, 4) is 11.1 Å². The van der Waals surface area contributed by atoms with E-state index in [-0.39, 0.29) is 30.7 Å². The number of hydrogen-bond acceptors (Lipinski definition) is 4. The first-order valence-corrected chi connectivity index (χ1v) is 12.9. The molecule has 192 valence electrons. The van der Waals surface area contributed by atoms with Gasteiger partial charge >= 0.3 is 5.97 Å². The van der Waals surface area contributed by atoms with Crippen LogP contribution in [0.1, 0.15) is 42.9 Å². The number of aliphatic carboxylic acids is 1. The Hall–Kier alpha value is -3.94. The summed E-state index contributed by atoms with van der Waals surface area (Å²) in [6, 6.07) is 21.4. The molecule has 0 spiro atoms. The average Bonchev–Trinajstić information content (AvgIpc) is 3.34. The lowest BCUT2D eigenvalue weighted by atomic mass is 9.91. The van der Waals surface area contributed by atoms with Crippen molar-refractivity contribution in [3.63, 3.8) is 0 Å². The minimum absolute atomic E-state index is 0.0191. The molecule has 1 aliphatic rings. The molecular weight excluding hydrogens is 525 g/mol. The zero-order valence-corrected chi connectivity index (χ0v) is 21.7. The minimum Gasteiger partial charge on any atom is -0.481 e. The monoisotopic (exact) mass is 547 g/mol. The Morgan fingerprint density at radius 1 is 0.921 bits per heavy atom. The SMILES string of the molecule is O=C(O)CCCC(=O)N1N=C(c2c(-c3ccc(Cl)cc3)c3ccccc3[nH]c2=O)C[C@@H]1c1ccc(Cl)cc1. The molecule has 38 heavy (non-hydrogen) atoms. The molecule has 7 nitrogen and oxygen atoms in total. The molecule has 0 saturated carbocycles. The van der Waals surface area contributed by atoms with Crippen LogP contribution in [0.4, 0.5) is 0 Å². The number of rotatable bonds is 7. The van der Waals surface area contributed by atoms with Gasteiger partial charge in [0.25, 0.3) is 5.56 Å². The molecule has 9 heteroatoms. The molecule has 3 aromatic carbocycles. The number of benzene rings is 3. The highest BCUT2D eigenvalue weighted by atomic mass is 35.5. The van der Waals surface area contributed by atoms with Gasteiger partial charge in [-0.05, 0) is 47.9 Å². The molecule has 0 fully saturated rings. The molecule has 1 atom stereocenters. The molecule has 0 radical (unpaired) electrons. The van der Waals surface area contributed by atoms with Crippen molar-refractivity contribution in [1.29, 1.82) is 0 Å². The summed E-state index contributed by atoms with van der Waals surface area (Å²) in [6.45, 7) is 0. The quantitative estimate of drug-likeness (QED) is 0.278. The van der Waals surface area contributed by atoms with Crippen LogP contribution in [0.2, 0.25) is 10.0 Å². The maximum atomic E-state index is 13.5. The molecule has 1 aliphatic heterocycles. The number of hydrazone groups is 1. The van der Waals surface area contributed by atoms with E-state index in [2.05, 4.69) is 10.1 Å². The summed E-state index contributed by atoms with van der Waals surface area (Å²) in [5.74, 6) is -1.28. The van der Waals surface area contributed by atoms with Gasteiger partial charge in [-0.3, -0.25) is 14.4 Å². The first-order chi connectivity index (χ1) is 18.3. The van der Waals surface area contributed by atoms with E-state index in [9.17, 15) is 14.4 Å². The second-order valence-electron chi connectivity index (χ2n) is 9.06. The number of halogens is 2. The second-order valence-corrected chi connectivity index (χ2v) is 9.93. The summed E-state index contributed by atoms with van der Waals surface area (Å²) in [5, 5.41) is 17.0. The van der Waals surface area contributed by atoms with Crippen LogP contribution >= 0.6 is 23.2 Å². The fourth-order valence-corrected chi connectivity index (χ4v) is 5.03. The van der Waals surface area contributed by atoms with Crippen LogP contribution in [0.25, 0.3) is 22.0 Å². The van der Waals surface area contributed by atoms with Gasteiger partial charge in [-0.1, -0.05) is 65.7 Å². The Kier molecular flexibility index (Phi) is 7.31. The lowest BCUT2D eigenvalue weighted by Crippen LogP contribution is -2.27. The molecule has 0 unspecified atom stereocenters. The minimum atomic E-state index is -0.965. The van der Waals surface area contributed by atoms with Crippen molar-refractivity contribution in [1.82, 2.24) is 9.99 Å². The summed E-state index contributed by atoms with van der Waals surface area (Å²) in [4.78, 5) is 40.7. The molecule has 0 bridgehead atoms. The highest BCUT2D eigenvalue weighted by Crippen LogP contribution is 2.37. The number of hydrogen-bond donors (Lipinski definition) is 2. The molecule has 2 N–H and O–H groups in total. The van der Waals surface area contributed by atoms with Crippen LogP contribution in [0.5, 0.6) is 0 Å². The van der Waals surface area contributed by atoms with Crippen molar-refractivity contribution in [2.75, 3.05) is 0 Å². The number of aromatic amines is 1. The number of carboxylic acid groups (broad SMARTS) is 1. The molecule has 4 aromatic rings. The van der Waals surface area contributed by atoms with Crippen LogP contribution in [0, 0.1) is 0 Å². The van der Waals surface area contributed by atoms with Crippen LogP contribution in [0.15, 0.2) is 82.7 Å². The molecule has 1 aromatic heterocycles. The number of fused-ring (bicyclic) bond motifs is 1. The van der Waals surface area contributed by atoms with Crippen LogP contribution in [0.3, 0.4) is 0 Å². The molecule has 0 saturated heterocycles. The van der Waals surface area contributed by atoms with Crippen molar-refractivity contribution in [2.45, 2.75) is 31.7 Å². The molecule has 1 amide bonds. The Morgan fingerprint density at radius 3 is 2.26 bits per heavy atom. The third-order valence-corrected chi connectivity index (χ3v) is 7.05. The number of para-hydroxylation sites is 1. The van der Waals surface area contributed by atoms with E-state index in [1.165, 1.54) is 5.01 Å². The van der Waals surface area contributed by atoms with Crippen molar-refractivity contribution >= 4 is 51.7 Å². The molecule has 0 aliphatic carbocycles. The Morgan fingerprint density at radius 2 is 1.58 bits per heavy atom. The number of aromatic nitrogens is 1. The summed E-state index contributed by atoms with van der Waals surface area (Å²) in [7, 11) is 0. The summed E-state index contributed by atoms with van der Waals surface area (Å²) < 4.78 is 0. The highest BCUT2D eigenvalue weighted by Gasteiger charge is 2.35. The summed E-state index contributed by atoms with van der Waals surface area (Å²) in [6.07, 6.45) is 0.391. The van der Waals surface area contributed by atoms with Crippen molar-refractivity contribution < 1.29 is 14.7 Å². The van der Waals surface area contributed by atoms with Gasteiger partial charge in [0.1, 0.15) is 0 Å². The van der Waals surface area contributed by atoms with E-state index >= 15 is 0 Å². The van der Waals surface area contributed by atoms with Crippen LogP contribution < -0.4 is 5.56 Å². The van der Waals surface area contributed by atoms with Gasteiger partial charge in [-0.25, -0.2) is 5.01 Å². The lowest BCUT2D eigenvalue weighted by Gasteiger charge is -2.22. The van der Waals surface area contributed by atoms with Gasteiger partial charge in [-0.15, -0.1) is 0 Å². The zero-order valence-electron chi connectivity index (χ0n) is 20.2. The maximum absolute atomic E-state index is 13.5. The standard InChI is InChI=1S/C29H23Cl2N3O4/c30-19-12-8-17(9-13-19)24-16-23(33-34(24)25(35)6-3-7-26(36)37)28-27(18-10-14-20(31)15-11-18)21-4-1-2-5-22(21)32-29(28)38/h1-2,4-5,8-15,24H,3,6-7,16H2,(H,32,38)(H,36,37)/t24-/m1/s1. The lowest BCUT2D eigenvalue weighted by molar-refractivity contribution is -0.137. The average molecular weight is 548 g/mol. The summed E-state index contributed by atoms with van der Waals surface area (Å²) >= 11 is 12.2. The van der Waals surface area contributed by atoms with E-state index in [4.69, 9.17) is 28.3 Å². The number of nitrogens with zero attached hydrogens (tertiary/aromatic N) is 2. The third kappa shape index (κ3) is 5.21. The first-order valence-electron chi connectivity index (χ1n) is 12.1. The number of carboxylic acids is 1. The summed E-state index contributed by atoms with van der Waals surface area (Å²) in [5.41, 5.74) is 3.52. The predicted octanol–water partition coefficient (Wildman–Crippen LogP) is 6.43. The number of amides is 1. The van der Waals surface area contributed by atoms with Crippen molar-refractivity contribution in [2.24, 2.45) is 5.10 Å². The smallest absolute Gasteiger partial charge is 0.303 e. The van der Waals surface area contributed by atoms with Crippen LogP contribution in [-0.4, -0.2) is 32.7 Å². The largest absolute Gasteiger partial charge is 0.481 e. The van der Waals surface area contributed by atoms with Gasteiger partial charge < -0.3 is 10.1 Å². The van der Waals surface area contributed by atoms with Gasteiger partial charge in [0.2, 0.25) is 5.91 Å². The Balaban J connectivity index is 1.64. The zero-order chi connectivity index (χ0) is 26.8. The van der Waals surface area contributed by atoms with E-state index < -0.39 is 12.0 Å². The normalized spacial score (nSPS) is 15.1. The van der Waals surface area contributed by atoms with Gasteiger partial charge in [0, 0.05) is 45.8 Å². The number of carbonyl (C=O) groups excluding carboxylic acids is 1. The topological polar surface area (TPSA) is 103 Å². The van der Waals surface area contributed by atoms with Gasteiger partial charge in [0.05, 0.1) is 17.3 Å². The molecule has 5 rings (SSSR count). The Bertz CT molecular complexity index is 1610. The number of H-pyrrole nitrogens is 1. The number of nitrogens with one attached hydrogen (secondary N) is 1. The Labute approximate surface area is 228 Å². The predicted molar refractivity (Wildman–Crippen MR) is 149 cm³/mol. The van der Waals surface area contributed by atoms with Gasteiger partial charge in [-0.2, -0.15) is 5.10 Å². The maximum Gasteiger partial charge on any atom is 0.303 e. The number of pyridine rings is 1. The number of carbonyl (C=O) groups is 2. The van der Waals surface area contributed by atoms with Gasteiger partial charge in [0.15, 0.2) is 0 Å². The van der Waals surface area contributed by atoms with E-state index in [1.54, 1.807) is 24.3 Å². The fourth-order valence-electron chi connectivity index (χ4n) is 4.78. The van der Waals surface area contributed by atoms with E-state index in [0.717, 1.165) is 16.5 Å². The van der Waals surface area contributed by atoms with E-state index in [1.807, 2.05) is 48.5 Å². The molecule has 2 heterocycles. The third-order valence-electron chi connectivity index (χ3n) is 6.55.